The van der Waals surface area contributed by atoms with E-state index in [1.165, 1.54) is 11.5 Å². The number of thioether (sulfide) groups is 2. The second kappa shape index (κ2) is 16.9. The lowest BCUT2D eigenvalue weighted by Gasteiger charge is -2.09. The van der Waals surface area contributed by atoms with Crippen molar-refractivity contribution in [3.05, 3.63) is 0 Å². The molecule has 0 aromatic heterocycles. The minimum atomic E-state index is 0.821. The summed E-state index contributed by atoms with van der Waals surface area (Å²) in [6.45, 7) is 5.65. The van der Waals surface area contributed by atoms with Crippen molar-refractivity contribution in [3.8, 4) is 0 Å². The molecule has 0 spiro atoms. The van der Waals surface area contributed by atoms with Crippen molar-refractivity contribution in [2.45, 2.75) is 6.42 Å². The molecule has 128 valence electrons. The van der Waals surface area contributed by atoms with E-state index in [0.717, 1.165) is 57.4 Å². The van der Waals surface area contributed by atoms with Gasteiger partial charge in [0.1, 0.15) is 0 Å². The van der Waals surface area contributed by atoms with Crippen molar-refractivity contribution in [3.63, 3.8) is 0 Å². The van der Waals surface area contributed by atoms with Gasteiger partial charge in [-0.3, -0.25) is 0 Å². The molecular formula is C15H34N2O2S2. The van der Waals surface area contributed by atoms with E-state index in [-0.39, 0.29) is 0 Å². The van der Waals surface area contributed by atoms with Crippen LogP contribution in [0.2, 0.25) is 0 Å². The summed E-state index contributed by atoms with van der Waals surface area (Å²) in [6.07, 6.45) is 1.00. The first-order chi connectivity index (χ1) is 10.1. The predicted octanol–water partition coefficient (Wildman–Crippen LogP) is 2.00. The fourth-order valence-corrected chi connectivity index (χ4v) is 3.27. The molecule has 6 heteroatoms. The molecule has 0 aromatic rings. The lowest BCUT2D eigenvalue weighted by Crippen LogP contribution is -2.15. The summed E-state index contributed by atoms with van der Waals surface area (Å²) in [5.74, 6) is 4.56. The van der Waals surface area contributed by atoms with Gasteiger partial charge in [-0.1, -0.05) is 0 Å². The molecule has 0 aliphatic heterocycles. The van der Waals surface area contributed by atoms with Crippen molar-refractivity contribution in [1.29, 1.82) is 0 Å². The molecule has 0 heterocycles. The quantitative estimate of drug-likeness (QED) is 0.399. The third-order valence-electron chi connectivity index (χ3n) is 2.69. The van der Waals surface area contributed by atoms with Crippen LogP contribution in [0.25, 0.3) is 0 Å². The minimum absolute atomic E-state index is 0.821. The van der Waals surface area contributed by atoms with Gasteiger partial charge in [-0.15, -0.1) is 0 Å². The summed E-state index contributed by atoms with van der Waals surface area (Å²) < 4.78 is 11.2. The van der Waals surface area contributed by atoms with Gasteiger partial charge in [0.2, 0.25) is 0 Å². The zero-order chi connectivity index (χ0) is 15.8. The maximum absolute atomic E-state index is 5.59. The summed E-state index contributed by atoms with van der Waals surface area (Å²) in [5.41, 5.74) is 0. The molecule has 0 aliphatic rings. The van der Waals surface area contributed by atoms with E-state index in [0.29, 0.717) is 0 Å². The van der Waals surface area contributed by atoms with Crippen LogP contribution in [-0.2, 0) is 9.47 Å². The van der Waals surface area contributed by atoms with Crippen LogP contribution < -0.4 is 0 Å². The normalized spacial score (nSPS) is 11.7. The summed E-state index contributed by atoms with van der Waals surface area (Å²) in [4.78, 5) is 4.42. The van der Waals surface area contributed by atoms with Crippen molar-refractivity contribution < 1.29 is 9.47 Å². The molecule has 0 bridgehead atoms. The Morgan fingerprint density at radius 3 is 1.43 bits per heavy atom. The Kier molecular flexibility index (Phi) is 17.3. The number of rotatable bonds is 16. The van der Waals surface area contributed by atoms with E-state index < -0.39 is 0 Å². The first kappa shape index (κ1) is 21.5. The van der Waals surface area contributed by atoms with Crippen LogP contribution in [0, 0.1) is 0 Å². The molecule has 0 atom stereocenters. The highest BCUT2D eigenvalue weighted by molar-refractivity contribution is 7.99. The van der Waals surface area contributed by atoms with Gasteiger partial charge >= 0.3 is 0 Å². The van der Waals surface area contributed by atoms with E-state index in [1.807, 2.05) is 23.5 Å². The second-order valence-corrected chi connectivity index (χ2v) is 7.86. The Labute approximate surface area is 140 Å². The molecule has 0 aliphatic carbocycles. The molecule has 21 heavy (non-hydrogen) atoms. The highest BCUT2D eigenvalue weighted by Gasteiger charge is 1.95. The van der Waals surface area contributed by atoms with E-state index in [2.05, 4.69) is 38.0 Å². The van der Waals surface area contributed by atoms with Gasteiger partial charge < -0.3 is 19.3 Å². The Balaban J connectivity index is 2.96. The van der Waals surface area contributed by atoms with Crippen LogP contribution in [-0.4, -0.2) is 101 Å². The molecule has 0 saturated carbocycles. The molecule has 0 fully saturated rings. The zero-order valence-corrected chi connectivity index (χ0v) is 15.9. The lowest BCUT2D eigenvalue weighted by atomic mass is 10.5. The maximum atomic E-state index is 5.59. The third kappa shape index (κ3) is 20.5. The molecule has 0 amide bonds. The van der Waals surface area contributed by atoms with Crippen LogP contribution in [0.15, 0.2) is 0 Å². The molecule has 4 nitrogen and oxygen atoms in total. The molecule has 0 aromatic carbocycles. The van der Waals surface area contributed by atoms with Gasteiger partial charge in [0.15, 0.2) is 0 Å². The Hall–Kier alpha value is 0.540. The van der Waals surface area contributed by atoms with Gasteiger partial charge in [0.25, 0.3) is 0 Å². The summed E-state index contributed by atoms with van der Waals surface area (Å²) in [5, 5.41) is 0. The predicted molar refractivity (Wildman–Crippen MR) is 98.0 cm³/mol. The van der Waals surface area contributed by atoms with Gasteiger partial charge in [-0.05, 0) is 34.6 Å². The highest BCUT2D eigenvalue weighted by Crippen LogP contribution is 2.01. The van der Waals surface area contributed by atoms with Crippen LogP contribution in [0.4, 0.5) is 0 Å². The average Bonchev–Trinajstić information content (AvgIpc) is 2.42. The maximum Gasteiger partial charge on any atom is 0.0556 e. The smallest absolute Gasteiger partial charge is 0.0556 e. The first-order valence-electron chi connectivity index (χ1n) is 7.73. The topological polar surface area (TPSA) is 24.9 Å². The van der Waals surface area contributed by atoms with Crippen molar-refractivity contribution in [1.82, 2.24) is 9.80 Å². The van der Waals surface area contributed by atoms with Gasteiger partial charge in [0.05, 0.1) is 13.2 Å². The third-order valence-corrected chi connectivity index (χ3v) is 4.54. The lowest BCUT2D eigenvalue weighted by molar-refractivity contribution is 0.0961. The Morgan fingerprint density at radius 1 is 0.619 bits per heavy atom. The van der Waals surface area contributed by atoms with Crippen LogP contribution in [0.5, 0.6) is 0 Å². The van der Waals surface area contributed by atoms with Crippen molar-refractivity contribution in [2.24, 2.45) is 0 Å². The summed E-state index contributed by atoms with van der Waals surface area (Å²) >= 11 is 3.92. The van der Waals surface area contributed by atoms with Crippen molar-refractivity contribution >= 4 is 23.5 Å². The van der Waals surface area contributed by atoms with Crippen LogP contribution in [0.1, 0.15) is 6.42 Å². The zero-order valence-electron chi connectivity index (χ0n) is 14.3. The fourth-order valence-electron chi connectivity index (χ4n) is 1.40. The SMILES string of the molecule is CN(C)CCSCCOCCCOCCSCCN(C)C. The van der Waals surface area contributed by atoms with E-state index >= 15 is 0 Å². The Bertz CT molecular complexity index is 188. The molecular weight excluding hydrogens is 304 g/mol. The van der Waals surface area contributed by atoms with Crippen molar-refractivity contribution in [2.75, 3.05) is 90.7 Å². The second-order valence-electron chi connectivity index (χ2n) is 5.41. The number of hydrogen-bond acceptors (Lipinski definition) is 6. The van der Waals surface area contributed by atoms with E-state index in [1.54, 1.807) is 0 Å². The number of nitrogens with zero attached hydrogens (tertiary/aromatic N) is 2. The largest absolute Gasteiger partial charge is 0.381 e. The summed E-state index contributed by atoms with van der Waals surface area (Å²) in [6, 6.07) is 0. The highest BCUT2D eigenvalue weighted by atomic mass is 32.2. The summed E-state index contributed by atoms with van der Waals surface area (Å²) in [7, 11) is 8.44. The van der Waals surface area contributed by atoms with Gasteiger partial charge in [-0.25, -0.2) is 0 Å². The standard InChI is InChI=1S/C15H34N2O2S2/c1-16(2)6-12-20-14-10-18-8-5-9-19-11-15-21-13-7-17(3)4/h5-15H2,1-4H3. The molecule has 0 N–H and O–H groups in total. The molecule has 0 rings (SSSR count). The van der Waals surface area contributed by atoms with Gasteiger partial charge in [0, 0.05) is 49.3 Å². The van der Waals surface area contributed by atoms with Crippen LogP contribution in [0.3, 0.4) is 0 Å². The van der Waals surface area contributed by atoms with E-state index in [9.17, 15) is 0 Å². The molecule has 0 radical (unpaired) electrons. The molecule has 0 saturated heterocycles. The average molecular weight is 339 g/mol. The molecule has 0 unspecified atom stereocenters. The minimum Gasteiger partial charge on any atom is -0.381 e. The first-order valence-corrected chi connectivity index (χ1v) is 10.0. The fraction of sp³-hybridized carbons (Fsp3) is 1.00. The number of ether oxygens (including phenoxy) is 2. The number of hydrogen-bond donors (Lipinski definition) is 0. The van der Waals surface area contributed by atoms with E-state index in [4.69, 9.17) is 9.47 Å². The monoisotopic (exact) mass is 338 g/mol. The Morgan fingerprint density at radius 2 is 1.05 bits per heavy atom. The van der Waals surface area contributed by atoms with Gasteiger partial charge in [-0.2, -0.15) is 23.5 Å². The van der Waals surface area contributed by atoms with Crippen LogP contribution >= 0.6 is 23.5 Å².